The number of nitrogens with zero attached hydrogens (tertiary/aromatic N) is 4. The fourth-order valence-corrected chi connectivity index (χ4v) is 8.42. The SMILES string of the molecule is CCCCCC/C=C/CC(CC(=O)OCCOCCOCCN(CCOCCOC(=O)CC(C/C=C/CCCCCCCCCCC)C(=O)[O-])c1ccc(N=Nc2sc(C)c(C)c2C#N)c(C)c1)C(=O)[O-].[Na+].[Na+]. The van der Waals surface area contributed by atoms with Crippen LogP contribution >= 0.6 is 11.3 Å². The van der Waals surface area contributed by atoms with Gasteiger partial charge in [0.05, 0.1) is 63.7 Å². The van der Waals surface area contributed by atoms with Gasteiger partial charge in [-0.2, -0.15) is 5.26 Å². The molecule has 0 saturated heterocycles. The zero-order chi connectivity index (χ0) is 51.9. The number of benzene rings is 1. The van der Waals surface area contributed by atoms with E-state index >= 15 is 0 Å². The van der Waals surface area contributed by atoms with E-state index in [1.165, 1.54) is 62.7 Å². The van der Waals surface area contributed by atoms with Crippen LogP contribution < -0.4 is 74.2 Å². The minimum atomic E-state index is -1.28. The number of ether oxygens (including phenoxy) is 5. The smallest absolute Gasteiger partial charge is 0.550 e. The number of hydrogen-bond donors (Lipinski definition) is 0. The van der Waals surface area contributed by atoms with Crippen LogP contribution in [0, 0.1) is 43.9 Å². The second-order valence-corrected chi connectivity index (χ2v) is 19.0. The summed E-state index contributed by atoms with van der Waals surface area (Å²) in [5, 5.41) is 42.4. The summed E-state index contributed by atoms with van der Waals surface area (Å²) in [6, 6.07) is 7.99. The van der Waals surface area contributed by atoms with Crippen molar-refractivity contribution >= 4 is 51.6 Å². The molecule has 2 atom stereocenters. The number of carbonyl (C=O) groups excluding carboxylic acids is 4. The molecule has 1 aromatic carbocycles. The fourth-order valence-electron chi connectivity index (χ4n) is 7.50. The monoisotopic (exact) mass is 1050 g/mol. The van der Waals surface area contributed by atoms with Gasteiger partial charge in [0, 0.05) is 47.4 Å². The molecular weight excluding hydrogens is 971 g/mol. The molecule has 2 aromatic rings. The Kier molecular flexibility index (Phi) is 43.4. The number of carboxylic acids is 2. The molecule has 0 bridgehead atoms. The zero-order valence-corrected chi connectivity index (χ0v) is 50.2. The first kappa shape index (κ1) is 70.1. The van der Waals surface area contributed by atoms with Crippen molar-refractivity contribution in [3.63, 3.8) is 0 Å². The Morgan fingerprint density at radius 1 is 0.644 bits per heavy atom. The molecule has 1 aromatic heterocycles. The number of thiophene rings is 1. The van der Waals surface area contributed by atoms with Crippen LogP contribution in [0.5, 0.6) is 0 Å². The first-order valence-corrected chi connectivity index (χ1v) is 26.8. The average molecular weight is 1050 g/mol. The van der Waals surface area contributed by atoms with Crippen molar-refractivity contribution in [2.24, 2.45) is 22.1 Å². The van der Waals surface area contributed by atoms with E-state index in [1.54, 1.807) is 6.08 Å². The van der Waals surface area contributed by atoms with Crippen molar-refractivity contribution in [2.75, 3.05) is 70.8 Å². The molecule has 2 rings (SSSR count). The average Bonchev–Trinajstić information content (AvgIpc) is 3.62. The summed E-state index contributed by atoms with van der Waals surface area (Å²) >= 11 is 1.43. The van der Waals surface area contributed by atoms with Gasteiger partial charge in [-0.25, -0.2) is 0 Å². The van der Waals surface area contributed by atoms with Gasteiger partial charge in [-0.05, 0) is 88.6 Å². The maximum atomic E-state index is 12.5. The Labute approximate surface area is 484 Å². The Balaban J connectivity index is 0.0000259. The van der Waals surface area contributed by atoms with Crippen LogP contribution in [0.15, 0.2) is 52.7 Å². The van der Waals surface area contributed by atoms with Crippen molar-refractivity contribution in [1.29, 1.82) is 5.26 Å². The van der Waals surface area contributed by atoms with E-state index in [9.17, 15) is 34.7 Å². The predicted molar refractivity (Wildman–Crippen MR) is 275 cm³/mol. The standard InChI is InChI=1S/C55H84N4O11S.2Na/c1-6-8-10-12-14-15-16-17-18-20-22-24-26-47(55(64)65)40-51(60)69-37-35-67-32-30-59(48-27-28-50(43(3)39-48)57-58-53-49(42-56)44(4)45(5)71-53)29-31-66-33-34-68-36-38-70-52(61)41-46(54(62)63)25-23-21-19-13-11-9-7-2;;/h21-24,27-28,39,46-47H,6-20,25-26,29-38,40-41H2,1-5H3,(H,62,63)(H,64,65);;/q;2*+1/p-2/b23-21+,24-22+,58-57?;;. The van der Waals surface area contributed by atoms with E-state index < -0.39 is 35.7 Å². The number of esters is 2. The summed E-state index contributed by atoms with van der Waals surface area (Å²) in [5.41, 5.74) is 3.83. The van der Waals surface area contributed by atoms with Crippen molar-refractivity contribution in [3.8, 4) is 6.07 Å². The van der Waals surface area contributed by atoms with Crippen LogP contribution in [0.1, 0.15) is 157 Å². The van der Waals surface area contributed by atoms with Crippen LogP contribution in [-0.4, -0.2) is 89.8 Å². The summed E-state index contributed by atoms with van der Waals surface area (Å²) in [4.78, 5) is 51.3. The van der Waals surface area contributed by atoms with Gasteiger partial charge >= 0.3 is 71.1 Å². The second-order valence-electron chi connectivity index (χ2n) is 17.8. The van der Waals surface area contributed by atoms with Crippen molar-refractivity contribution in [3.05, 3.63) is 64.1 Å². The van der Waals surface area contributed by atoms with Gasteiger partial charge < -0.3 is 48.4 Å². The summed E-state index contributed by atoms with van der Waals surface area (Å²) in [7, 11) is 0. The number of anilines is 1. The zero-order valence-electron chi connectivity index (χ0n) is 45.4. The van der Waals surface area contributed by atoms with E-state index in [1.807, 2.05) is 57.2 Å². The van der Waals surface area contributed by atoms with E-state index in [-0.39, 0.29) is 124 Å². The topological polar surface area (TPSA) is 212 Å². The van der Waals surface area contributed by atoms with E-state index in [0.29, 0.717) is 42.6 Å². The van der Waals surface area contributed by atoms with Crippen LogP contribution in [0.25, 0.3) is 0 Å². The molecular formula is C55H82N4Na2O11S. The molecule has 0 radical (unpaired) electrons. The number of aryl methyl sites for hydroxylation is 2. The summed E-state index contributed by atoms with van der Waals surface area (Å²) in [6.07, 6.45) is 24.9. The molecule has 0 aliphatic carbocycles. The summed E-state index contributed by atoms with van der Waals surface area (Å²) in [5.74, 6) is -5.70. The maximum Gasteiger partial charge on any atom is 1.00 e. The van der Waals surface area contributed by atoms with Crippen LogP contribution in [0.3, 0.4) is 0 Å². The number of rotatable bonds is 43. The second kappa shape index (κ2) is 45.3. The third-order valence-electron chi connectivity index (χ3n) is 12.0. The molecule has 1 heterocycles. The number of carbonyl (C=O) groups is 4. The molecule has 73 heavy (non-hydrogen) atoms. The molecule has 15 nitrogen and oxygen atoms in total. The van der Waals surface area contributed by atoms with E-state index in [4.69, 9.17) is 23.7 Å². The number of nitriles is 1. The third kappa shape index (κ3) is 33.0. The Morgan fingerprint density at radius 3 is 1.56 bits per heavy atom. The molecule has 0 N–H and O–H groups in total. The van der Waals surface area contributed by atoms with Gasteiger partial charge in [0.25, 0.3) is 0 Å². The number of azo groups is 1. The van der Waals surface area contributed by atoms with Gasteiger partial charge in [-0.15, -0.1) is 21.6 Å². The molecule has 0 amide bonds. The molecule has 0 aliphatic rings. The summed E-state index contributed by atoms with van der Waals surface area (Å²) in [6.45, 7) is 12.5. The Hall–Kier alpha value is -2.95. The van der Waals surface area contributed by atoms with Gasteiger partial charge in [0.1, 0.15) is 19.3 Å². The minimum absolute atomic E-state index is 0. The first-order valence-electron chi connectivity index (χ1n) is 25.9. The van der Waals surface area contributed by atoms with Crippen LogP contribution in [0.4, 0.5) is 16.4 Å². The normalized spacial score (nSPS) is 12.1. The molecule has 396 valence electrons. The molecule has 0 saturated carbocycles. The largest absolute Gasteiger partial charge is 1.00 e. The van der Waals surface area contributed by atoms with Gasteiger partial charge in [-0.3, -0.25) is 9.59 Å². The van der Waals surface area contributed by atoms with Crippen molar-refractivity contribution < 1.29 is 112 Å². The quantitative estimate of drug-likeness (QED) is 0.0300. The van der Waals surface area contributed by atoms with E-state index in [0.717, 1.165) is 66.6 Å². The molecule has 0 spiro atoms. The van der Waals surface area contributed by atoms with Gasteiger partial charge in [0.2, 0.25) is 0 Å². The van der Waals surface area contributed by atoms with E-state index in [2.05, 4.69) is 35.0 Å². The number of aliphatic carboxylic acids is 2. The molecule has 0 fully saturated rings. The van der Waals surface area contributed by atoms with Crippen LogP contribution in [0.2, 0.25) is 0 Å². The Bertz CT molecular complexity index is 1970. The van der Waals surface area contributed by atoms with Gasteiger partial charge in [0.15, 0.2) is 5.00 Å². The first-order chi connectivity index (χ1) is 34.4. The van der Waals surface area contributed by atoms with Gasteiger partial charge in [-0.1, -0.05) is 109 Å². The predicted octanol–water partition coefficient (Wildman–Crippen LogP) is 4.21. The third-order valence-corrected chi connectivity index (χ3v) is 13.1. The number of hydrogen-bond acceptors (Lipinski definition) is 16. The number of allylic oxidation sites excluding steroid dienone is 4. The number of unbranched alkanes of at least 4 members (excludes halogenated alkanes) is 13. The van der Waals surface area contributed by atoms with Crippen LogP contribution in [-0.2, 0) is 42.9 Å². The number of carboxylic acid groups (broad SMARTS) is 2. The molecule has 18 heteroatoms. The Morgan fingerprint density at radius 2 is 1.10 bits per heavy atom. The van der Waals surface area contributed by atoms with Crippen molar-refractivity contribution in [2.45, 2.75) is 157 Å². The molecule has 2 unspecified atom stereocenters. The van der Waals surface area contributed by atoms with Crippen molar-refractivity contribution in [1.82, 2.24) is 0 Å². The summed E-state index contributed by atoms with van der Waals surface area (Å²) < 4.78 is 27.8. The molecule has 0 aliphatic heterocycles. The maximum absolute atomic E-state index is 12.5. The fraction of sp³-hybridized carbons (Fsp3) is 0.655. The minimum Gasteiger partial charge on any atom is -0.550 e.